The predicted molar refractivity (Wildman–Crippen MR) is 91.8 cm³/mol. The van der Waals surface area contributed by atoms with Crippen LogP contribution in [-0.4, -0.2) is 16.2 Å². The summed E-state index contributed by atoms with van der Waals surface area (Å²) in [6.45, 7) is 0.770. The van der Waals surface area contributed by atoms with Gasteiger partial charge in [0.25, 0.3) is 0 Å². The van der Waals surface area contributed by atoms with Crippen molar-refractivity contribution >= 4 is 28.0 Å². The Morgan fingerprint density at radius 2 is 2.00 bits per heavy atom. The van der Waals surface area contributed by atoms with Gasteiger partial charge in [0.15, 0.2) is 0 Å². The predicted octanol–water partition coefficient (Wildman–Crippen LogP) is 4.07. The maximum absolute atomic E-state index is 5.82. The first-order chi connectivity index (χ1) is 11.3. The Balaban J connectivity index is 1.50. The topological polar surface area (TPSA) is 39.1 Å². The van der Waals surface area contributed by atoms with E-state index in [9.17, 15) is 0 Å². The molecule has 1 radical (unpaired) electrons. The van der Waals surface area contributed by atoms with Crippen molar-refractivity contribution in [1.29, 1.82) is 0 Å². The summed E-state index contributed by atoms with van der Waals surface area (Å²) in [6.07, 6.45) is 5.11. The van der Waals surface area contributed by atoms with Crippen LogP contribution in [0.2, 0.25) is 0 Å². The Kier molecular flexibility index (Phi) is 2.56. The molecule has 1 N–H and O–H groups in total. The van der Waals surface area contributed by atoms with E-state index in [0.717, 1.165) is 41.2 Å². The van der Waals surface area contributed by atoms with E-state index < -0.39 is 0 Å². The molecule has 2 aromatic carbocycles. The Morgan fingerprint density at radius 3 is 2.96 bits per heavy atom. The highest BCUT2D eigenvalue weighted by Crippen LogP contribution is 2.49. The van der Waals surface area contributed by atoms with E-state index in [1.165, 1.54) is 17.1 Å². The van der Waals surface area contributed by atoms with Crippen molar-refractivity contribution in [3.63, 3.8) is 0 Å². The van der Waals surface area contributed by atoms with Crippen LogP contribution in [0.5, 0.6) is 5.75 Å². The van der Waals surface area contributed by atoms with Crippen molar-refractivity contribution < 1.29 is 4.74 Å². The van der Waals surface area contributed by atoms with Crippen LogP contribution >= 0.6 is 0 Å². The number of rotatable bonds is 2. The number of hydrogen-bond acceptors (Lipinski definition) is 3. The fraction of sp³-hybridized carbons (Fsp3) is 0.158. The van der Waals surface area contributed by atoms with Gasteiger partial charge >= 0.3 is 0 Å². The molecule has 1 aromatic heterocycles. The molecule has 1 aliphatic heterocycles. The molecule has 113 valence electrons. The fourth-order valence-corrected chi connectivity index (χ4v) is 3.18. The van der Waals surface area contributed by atoms with Gasteiger partial charge in [-0.3, -0.25) is 0 Å². The minimum absolute atomic E-state index is 0.770. The molecule has 1 aliphatic carbocycles. The maximum Gasteiger partial charge on any atom is 0.126 e. The number of aryl methyl sites for hydroxylation is 1. The number of allylic oxidation sites excluding steroid dienone is 2. The quantitative estimate of drug-likeness (QED) is 0.775. The van der Waals surface area contributed by atoms with E-state index in [-0.39, 0.29) is 0 Å². The summed E-state index contributed by atoms with van der Waals surface area (Å²) in [7, 11) is 2.01. The van der Waals surface area contributed by atoms with Crippen LogP contribution in [0.25, 0.3) is 16.6 Å². The summed E-state index contributed by atoms with van der Waals surface area (Å²) in [5.74, 6) is 2.41. The molecule has 0 saturated carbocycles. The fourth-order valence-electron chi connectivity index (χ4n) is 3.18. The van der Waals surface area contributed by atoms with Crippen LogP contribution < -0.4 is 10.1 Å². The number of ether oxygens (including phenoxy) is 1. The van der Waals surface area contributed by atoms with Gasteiger partial charge in [0, 0.05) is 29.9 Å². The van der Waals surface area contributed by atoms with Gasteiger partial charge in [0.1, 0.15) is 5.75 Å². The largest absolute Gasteiger partial charge is 0.493 e. The Bertz CT molecular complexity index is 954. The highest BCUT2D eigenvalue weighted by atomic mass is 16.5. The first-order valence-corrected chi connectivity index (χ1v) is 7.81. The first-order valence-electron chi connectivity index (χ1n) is 7.81. The third-order valence-electron chi connectivity index (χ3n) is 4.49. The van der Waals surface area contributed by atoms with Crippen molar-refractivity contribution in [3.8, 4) is 5.75 Å². The van der Waals surface area contributed by atoms with Gasteiger partial charge in [-0.25, -0.2) is 4.98 Å². The molecular weight excluding hydrogens is 286 g/mol. The molecule has 4 nitrogen and oxygen atoms in total. The van der Waals surface area contributed by atoms with Gasteiger partial charge < -0.3 is 14.6 Å². The van der Waals surface area contributed by atoms with Crippen molar-refractivity contribution in [3.05, 3.63) is 60.3 Å². The Labute approximate surface area is 134 Å². The number of aromatic nitrogens is 2. The minimum Gasteiger partial charge on any atom is -0.493 e. The van der Waals surface area contributed by atoms with Crippen LogP contribution in [0.1, 0.15) is 12.0 Å². The zero-order valence-corrected chi connectivity index (χ0v) is 12.8. The molecular formula is C19H16N3O. The van der Waals surface area contributed by atoms with Gasteiger partial charge in [-0.15, -0.1) is 0 Å². The van der Waals surface area contributed by atoms with Crippen molar-refractivity contribution in [2.75, 3.05) is 11.9 Å². The summed E-state index contributed by atoms with van der Waals surface area (Å²) < 4.78 is 7.85. The summed E-state index contributed by atoms with van der Waals surface area (Å²) in [5.41, 5.74) is 6.81. The Morgan fingerprint density at radius 1 is 1.13 bits per heavy atom. The molecule has 0 unspecified atom stereocenters. The lowest BCUT2D eigenvalue weighted by Gasteiger charge is -2.11. The number of fused-ring (bicyclic) bond motifs is 4. The van der Waals surface area contributed by atoms with Crippen molar-refractivity contribution in [2.45, 2.75) is 6.42 Å². The molecule has 3 aromatic rings. The van der Waals surface area contributed by atoms with Gasteiger partial charge in [0.2, 0.25) is 0 Å². The summed E-state index contributed by atoms with van der Waals surface area (Å²) >= 11 is 0. The molecule has 0 saturated heterocycles. The lowest BCUT2D eigenvalue weighted by molar-refractivity contribution is 0.323. The number of nitrogens with zero attached hydrogens (tertiary/aromatic N) is 2. The van der Waals surface area contributed by atoms with Crippen LogP contribution in [-0.2, 0) is 7.05 Å². The number of hydrogen-bond donors (Lipinski definition) is 1. The average Bonchev–Trinajstić information content (AvgIpc) is 3.26. The molecule has 0 amide bonds. The van der Waals surface area contributed by atoms with E-state index >= 15 is 0 Å². The molecule has 4 heteroatoms. The smallest absolute Gasteiger partial charge is 0.126 e. The first kappa shape index (κ1) is 12.8. The number of nitrogens with one attached hydrogen (secondary N) is 1. The molecule has 2 heterocycles. The van der Waals surface area contributed by atoms with E-state index in [1.807, 2.05) is 24.0 Å². The number of anilines is 2. The Hall–Kier alpha value is -2.75. The zero-order chi connectivity index (χ0) is 15.4. The van der Waals surface area contributed by atoms with E-state index in [1.54, 1.807) is 0 Å². The standard InChI is InChI=1S/C19H16N3O/c1-22-11-20-17-4-2-14(10-18(17)22)21-13-3-5-19-16(9-13)15-8-12(15)6-7-23-19/h2-5,8-11,21H,6-7H2,1H3. The third kappa shape index (κ3) is 2.10. The minimum atomic E-state index is 0.770. The van der Waals surface area contributed by atoms with Crippen molar-refractivity contribution in [1.82, 2.24) is 9.55 Å². The van der Waals surface area contributed by atoms with Crippen molar-refractivity contribution in [2.24, 2.45) is 7.05 Å². The SMILES string of the molecule is Cn1cnc2ccc(Nc3ccc4c(c3)C3=C[C]3CCO4)cc21. The molecule has 2 aliphatic rings. The van der Waals surface area contributed by atoms with Crippen LogP contribution in [0.3, 0.4) is 0 Å². The van der Waals surface area contributed by atoms with Gasteiger partial charge in [0.05, 0.1) is 24.0 Å². The monoisotopic (exact) mass is 302 g/mol. The highest BCUT2D eigenvalue weighted by Gasteiger charge is 2.31. The van der Waals surface area contributed by atoms with E-state index in [4.69, 9.17) is 4.74 Å². The number of imidazole rings is 1. The van der Waals surface area contributed by atoms with Crippen LogP contribution in [0, 0.1) is 5.92 Å². The summed E-state index contributed by atoms with van der Waals surface area (Å²) in [5, 5.41) is 3.49. The van der Waals surface area contributed by atoms with Gasteiger partial charge in [-0.05, 0) is 48.4 Å². The second-order valence-electron chi connectivity index (χ2n) is 6.08. The average molecular weight is 302 g/mol. The molecule has 0 bridgehead atoms. The molecule has 0 fully saturated rings. The van der Waals surface area contributed by atoms with Crippen LogP contribution in [0.4, 0.5) is 11.4 Å². The molecule has 23 heavy (non-hydrogen) atoms. The van der Waals surface area contributed by atoms with Gasteiger partial charge in [-0.2, -0.15) is 0 Å². The summed E-state index contributed by atoms with van der Waals surface area (Å²) in [6, 6.07) is 12.5. The lowest BCUT2D eigenvalue weighted by Crippen LogP contribution is -1.97. The molecule has 0 atom stereocenters. The third-order valence-corrected chi connectivity index (χ3v) is 4.49. The lowest BCUT2D eigenvalue weighted by atomic mass is 10.1. The summed E-state index contributed by atoms with van der Waals surface area (Å²) in [4.78, 5) is 4.36. The van der Waals surface area contributed by atoms with E-state index in [0.29, 0.717) is 0 Å². The second-order valence-corrected chi connectivity index (χ2v) is 6.08. The molecule has 0 spiro atoms. The second kappa shape index (κ2) is 4.62. The normalized spacial score (nSPS) is 16.1. The maximum atomic E-state index is 5.82. The molecule has 5 rings (SSSR count). The van der Waals surface area contributed by atoms with E-state index in [2.05, 4.69) is 46.7 Å². The van der Waals surface area contributed by atoms with Crippen LogP contribution in [0.15, 0.2) is 48.8 Å². The van der Waals surface area contributed by atoms with Gasteiger partial charge in [-0.1, -0.05) is 6.08 Å². The number of benzene rings is 2. The highest BCUT2D eigenvalue weighted by molar-refractivity contribution is 5.96. The zero-order valence-electron chi connectivity index (χ0n) is 12.8.